The van der Waals surface area contributed by atoms with Crippen LogP contribution in [0.15, 0.2) is 59.7 Å². The average Bonchev–Trinajstić information content (AvgIpc) is 2.41. The Hall–Kier alpha value is -2.42. The minimum Gasteiger partial charge on any atom is -0.300 e. The maximum absolute atomic E-state index is 11.7. The van der Waals surface area contributed by atoms with E-state index in [1.807, 2.05) is 54.0 Å². The monoisotopic (exact) mass is 236 g/mol. The first-order valence-electron chi connectivity index (χ1n) is 5.79. The van der Waals surface area contributed by atoms with Gasteiger partial charge in [0.25, 0.3) is 5.56 Å². The molecule has 3 aromatic rings. The van der Waals surface area contributed by atoms with Crippen molar-refractivity contribution >= 4 is 10.9 Å². The van der Waals surface area contributed by atoms with Gasteiger partial charge in [0.05, 0.1) is 10.9 Å². The highest BCUT2D eigenvalue weighted by molar-refractivity contribution is 5.79. The van der Waals surface area contributed by atoms with Crippen LogP contribution >= 0.6 is 0 Å². The molecule has 0 aliphatic carbocycles. The normalized spacial score (nSPS) is 10.7. The summed E-state index contributed by atoms with van der Waals surface area (Å²) in [6.07, 6.45) is 1.58. The molecule has 0 bridgehead atoms. The van der Waals surface area contributed by atoms with E-state index in [0.717, 1.165) is 11.2 Å². The predicted molar refractivity (Wildman–Crippen MR) is 72.1 cm³/mol. The number of hydrogen-bond donors (Lipinski definition) is 0. The summed E-state index contributed by atoms with van der Waals surface area (Å²) in [7, 11) is 0. The Morgan fingerprint density at radius 2 is 1.72 bits per heavy atom. The molecule has 0 spiro atoms. The Kier molecular flexibility index (Phi) is 2.45. The fourth-order valence-electron chi connectivity index (χ4n) is 2.02. The summed E-state index contributed by atoms with van der Waals surface area (Å²) in [5, 5.41) is 0.639. The van der Waals surface area contributed by atoms with Gasteiger partial charge in [-0.05, 0) is 31.2 Å². The first kappa shape index (κ1) is 10.7. The van der Waals surface area contributed by atoms with Gasteiger partial charge in [0.1, 0.15) is 6.33 Å². The van der Waals surface area contributed by atoms with Crippen LogP contribution in [0.1, 0.15) is 5.56 Å². The molecule has 0 aliphatic heterocycles. The van der Waals surface area contributed by atoms with Gasteiger partial charge in [0.2, 0.25) is 0 Å². The number of benzene rings is 2. The molecule has 3 nitrogen and oxygen atoms in total. The summed E-state index contributed by atoms with van der Waals surface area (Å²) >= 11 is 0. The van der Waals surface area contributed by atoms with Crippen molar-refractivity contribution in [3.63, 3.8) is 0 Å². The van der Waals surface area contributed by atoms with Crippen LogP contribution in [0.2, 0.25) is 0 Å². The van der Waals surface area contributed by atoms with E-state index in [9.17, 15) is 4.79 Å². The molecule has 2 aromatic carbocycles. The zero-order chi connectivity index (χ0) is 12.5. The molecular weight excluding hydrogens is 224 g/mol. The van der Waals surface area contributed by atoms with Crippen LogP contribution in [0.4, 0.5) is 0 Å². The summed E-state index contributed by atoms with van der Waals surface area (Å²) in [6, 6.07) is 15.6. The molecule has 3 heteroatoms. The van der Waals surface area contributed by atoms with Gasteiger partial charge in [-0.25, -0.2) is 0 Å². The predicted octanol–water partition coefficient (Wildman–Crippen LogP) is 2.69. The number of aryl methyl sites for hydroxylation is 1. The van der Waals surface area contributed by atoms with E-state index in [2.05, 4.69) is 4.98 Å². The fourth-order valence-corrected chi connectivity index (χ4v) is 2.02. The van der Waals surface area contributed by atoms with E-state index in [4.69, 9.17) is 0 Å². The van der Waals surface area contributed by atoms with Crippen LogP contribution in [-0.4, -0.2) is 9.55 Å². The van der Waals surface area contributed by atoms with Gasteiger partial charge in [-0.2, -0.15) is 4.98 Å². The molecule has 3 rings (SSSR count). The molecule has 88 valence electrons. The van der Waals surface area contributed by atoms with E-state index in [-0.39, 0.29) is 5.56 Å². The lowest BCUT2D eigenvalue weighted by Crippen LogP contribution is -2.11. The molecule has 0 radical (unpaired) electrons. The van der Waals surface area contributed by atoms with Crippen LogP contribution in [-0.2, 0) is 0 Å². The second-order valence-electron chi connectivity index (χ2n) is 4.27. The van der Waals surface area contributed by atoms with Crippen molar-refractivity contribution in [1.82, 2.24) is 9.55 Å². The van der Waals surface area contributed by atoms with Crippen molar-refractivity contribution in [3.05, 3.63) is 70.8 Å². The van der Waals surface area contributed by atoms with Gasteiger partial charge >= 0.3 is 0 Å². The molecule has 1 heterocycles. The summed E-state index contributed by atoms with van der Waals surface area (Å²) in [4.78, 5) is 15.6. The van der Waals surface area contributed by atoms with Crippen molar-refractivity contribution in [3.8, 4) is 5.69 Å². The summed E-state index contributed by atoms with van der Waals surface area (Å²) in [5.74, 6) is 0. The molecule has 0 unspecified atom stereocenters. The van der Waals surface area contributed by atoms with Gasteiger partial charge in [-0.15, -0.1) is 0 Å². The molecule has 0 aliphatic rings. The number of fused-ring (bicyclic) bond motifs is 1. The lowest BCUT2D eigenvalue weighted by Gasteiger charge is -2.09. The average molecular weight is 236 g/mol. The van der Waals surface area contributed by atoms with Crippen molar-refractivity contribution < 1.29 is 0 Å². The molecule has 0 atom stereocenters. The molecule has 0 fully saturated rings. The zero-order valence-electron chi connectivity index (χ0n) is 10.00. The Bertz CT molecular complexity index is 757. The lowest BCUT2D eigenvalue weighted by molar-refractivity contribution is 1.01. The summed E-state index contributed by atoms with van der Waals surface area (Å²) < 4.78 is 1.93. The van der Waals surface area contributed by atoms with Crippen LogP contribution in [0.3, 0.4) is 0 Å². The maximum Gasteiger partial charge on any atom is 0.280 e. The second kappa shape index (κ2) is 4.11. The van der Waals surface area contributed by atoms with E-state index < -0.39 is 0 Å². The standard InChI is InChI=1S/C15H12N2O/c1-11-6-8-12(9-7-11)17-10-16-15(18)13-4-2-3-5-14(13)17/h2-10H,1H3. The minimum atomic E-state index is -0.186. The van der Waals surface area contributed by atoms with Crippen molar-refractivity contribution in [2.24, 2.45) is 0 Å². The number of nitrogens with zero attached hydrogens (tertiary/aromatic N) is 2. The topological polar surface area (TPSA) is 34.9 Å². The van der Waals surface area contributed by atoms with Crippen LogP contribution in [0, 0.1) is 6.92 Å². The van der Waals surface area contributed by atoms with Crippen molar-refractivity contribution in [2.45, 2.75) is 6.92 Å². The molecular formula is C15H12N2O. The Morgan fingerprint density at radius 1 is 1.00 bits per heavy atom. The quantitative estimate of drug-likeness (QED) is 0.651. The third-order valence-electron chi connectivity index (χ3n) is 3.00. The van der Waals surface area contributed by atoms with Gasteiger partial charge < -0.3 is 4.57 Å². The van der Waals surface area contributed by atoms with Gasteiger partial charge in [-0.1, -0.05) is 29.8 Å². The highest BCUT2D eigenvalue weighted by Gasteiger charge is 2.04. The zero-order valence-corrected chi connectivity index (χ0v) is 10.00. The van der Waals surface area contributed by atoms with Crippen molar-refractivity contribution in [2.75, 3.05) is 0 Å². The van der Waals surface area contributed by atoms with Crippen LogP contribution < -0.4 is 5.56 Å². The summed E-state index contributed by atoms with van der Waals surface area (Å²) in [5.41, 5.74) is 2.90. The Labute approximate surface area is 104 Å². The van der Waals surface area contributed by atoms with E-state index in [1.54, 1.807) is 12.4 Å². The highest BCUT2D eigenvalue weighted by atomic mass is 16.1. The first-order chi connectivity index (χ1) is 8.75. The largest absolute Gasteiger partial charge is 0.300 e. The SMILES string of the molecule is Cc1ccc(-n2cnc(=O)c3ccccc32)cc1. The molecule has 18 heavy (non-hydrogen) atoms. The molecule has 0 N–H and O–H groups in total. The van der Waals surface area contributed by atoms with Gasteiger partial charge in [-0.3, -0.25) is 4.79 Å². The number of aromatic nitrogens is 2. The maximum atomic E-state index is 11.7. The van der Waals surface area contributed by atoms with Crippen LogP contribution in [0.25, 0.3) is 16.6 Å². The third kappa shape index (κ3) is 1.70. The van der Waals surface area contributed by atoms with Gasteiger partial charge in [0.15, 0.2) is 0 Å². The molecule has 0 saturated heterocycles. The lowest BCUT2D eigenvalue weighted by atomic mass is 10.2. The van der Waals surface area contributed by atoms with Gasteiger partial charge in [0, 0.05) is 5.69 Å². The number of hydrogen-bond acceptors (Lipinski definition) is 2. The number of para-hydroxylation sites is 1. The second-order valence-corrected chi connectivity index (χ2v) is 4.27. The molecule has 1 aromatic heterocycles. The fraction of sp³-hybridized carbons (Fsp3) is 0.0667. The summed E-state index contributed by atoms with van der Waals surface area (Å²) in [6.45, 7) is 2.05. The third-order valence-corrected chi connectivity index (χ3v) is 3.00. The smallest absolute Gasteiger partial charge is 0.280 e. The Morgan fingerprint density at radius 3 is 2.50 bits per heavy atom. The molecule has 0 saturated carbocycles. The Balaban J connectivity index is 2.33. The number of rotatable bonds is 1. The minimum absolute atomic E-state index is 0.186. The van der Waals surface area contributed by atoms with E-state index in [0.29, 0.717) is 5.39 Å². The molecule has 0 amide bonds. The van der Waals surface area contributed by atoms with Crippen molar-refractivity contribution in [1.29, 1.82) is 0 Å². The highest BCUT2D eigenvalue weighted by Crippen LogP contribution is 2.15. The van der Waals surface area contributed by atoms with E-state index in [1.165, 1.54) is 5.56 Å². The first-order valence-corrected chi connectivity index (χ1v) is 5.79. The van der Waals surface area contributed by atoms with Crippen LogP contribution in [0.5, 0.6) is 0 Å². The van der Waals surface area contributed by atoms with E-state index >= 15 is 0 Å².